The van der Waals surface area contributed by atoms with Crippen LogP contribution in [0.15, 0.2) is 16.9 Å². The van der Waals surface area contributed by atoms with E-state index in [1.165, 1.54) is 0 Å². The van der Waals surface area contributed by atoms with E-state index in [-0.39, 0.29) is 11.9 Å². The second-order valence-electron chi connectivity index (χ2n) is 4.57. The number of hydrogen-bond donors (Lipinski definition) is 0. The summed E-state index contributed by atoms with van der Waals surface area (Å²) in [5, 5.41) is 4.16. The van der Waals surface area contributed by atoms with E-state index in [1.807, 2.05) is 18.0 Å². The third-order valence-electron chi connectivity index (χ3n) is 3.41. The fourth-order valence-corrected chi connectivity index (χ4v) is 2.52. The molecule has 1 unspecified atom stereocenters. The Kier molecular flexibility index (Phi) is 4.40. The molecule has 1 saturated heterocycles. The summed E-state index contributed by atoms with van der Waals surface area (Å²) in [5.41, 5.74) is 0. The van der Waals surface area contributed by atoms with Crippen molar-refractivity contribution in [2.45, 2.75) is 31.9 Å². The molecule has 1 aromatic rings. The molecule has 5 nitrogen and oxygen atoms in total. The van der Waals surface area contributed by atoms with E-state index < -0.39 is 0 Å². The first-order valence-corrected chi connectivity index (χ1v) is 6.92. The fraction of sp³-hybridized carbons (Fsp3) is 0.667. The number of likely N-dealkylation sites (tertiary alicyclic amines) is 1. The number of hydrogen-bond acceptors (Lipinski definition) is 3. The molecule has 100 valence electrons. The number of halogens is 1. The number of piperidine rings is 1. The van der Waals surface area contributed by atoms with Crippen molar-refractivity contribution in [3.63, 3.8) is 0 Å². The summed E-state index contributed by atoms with van der Waals surface area (Å²) in [5.74, 6) is 0.125. The number of carbonyl (C=O) groups is 1. The summed E-state index contributed by atoms with van der Waals surface area (Å²) in [6, 6.07) is -0.254. The second-order valence-corrected chi connectivity index (χ2v) is 5.49. The lowest BCUT2D eigenvalue weighted by atomic mass is 10.1. The summed E-state index contributed by atoms with van der Waals surface area (Å²) in [6.07, 6.45) is 5.64. The zero-order valence-electron chi connectivity index (χ0n) is 10.7. The normalized spacial score (nSPS) is 18.9. The number of rotatable bonds is 3. The van der Waals surface area contributed by atoms with Gasteiger partial charge in [-0.2, -0.15) is 5.10 Å². The standard InChI is InChI=1S/C12H18BrN3O2/c1-9(16-8-10(13)7-14-16)12(17)15-5-3-11(18-2)4-6-15/h7-9,11H,3-6H2,1-2H3. The van der Waals surface area contributed by atoms with Crippen LogP contribution in [-0.2, 0) is 9.53 Å². The van der Waals surface area contributed by atoms with Crippen LogP contribution in [0.1, 0.15) is 25.8 Å². The minimum absolute atomic E-state index is 0.125. The lowest BCUT2D eigenvalue weighted by Crippen LogP contribution is -2.43. The Balaban J connectivity index is 1.95. The lowest BCUT2D eigenvalue weighted by Gasteiger charge is -2.32. The molecule has 6 heteroatoms. The Morgan fingerprint density at radius 2 is 2.22 bits per heavy atom. The molecule has 0 spiro atoms. The zero-order valence-corrected chi connectivity index (χ0v) is 12.3. The van der Waals surface area contributed by atoms with Crippen LogP contribution in [0.4, 0.5) is 0 Å². The predicted molar refractivity (Wildman–Crippen MR) is 71.2 cm³/mol. The summed E-state index contributed by atoms with van der Waals surface area (Å²) in [4.78, 5) is 14.2. The Bertz CT molecular complexity index is 413. The fourth-order valence-electron chi connectivity index (χ4n) is 2.22. The van der Waals surface area contributed by atoms with Crippen molar-refractivity contribution < 1.29 is 9.53 Å². The topological polar surface area (TPSA) is 47.4 Å². The van der Waals surface area contributed by atoms with E-state index in [1.54, 1.807) is 18.0 Å². The molecule has 1 atom stereocenters. The molecule has 0 bridgehead atoms. The molecule has 0 aliphatic carbocycles. The van der Waals surface area contributed by atoms with E-state index in [0.717, 1.165) is 30.4 Å². The number of nitrogens with zero attached hydrogens (tertiary/aromatic N) is 3. The van der Waals surface area contributed by atoms with Gasteiger partial charge in [-0.05, 0) is 35.7 Å². The first-order valence-electron chi connectivity index (χ1n) is 6.13. The van der Waals surface area contributed by atoms with Crippen molar-refractivity contribution >= 4 is 21.8 Å². The summed E-state index contributed by atoms with van der Waals surface area (Å²) >= 11 is 3.34. The van der Waals surface area contributed by atoms with Gasteiger partial charge in [-0.3, -0.25) is 9.48 Å². The third kappa shape index (κ3) is 2.92. The summed E-state index contributed by atoms with van der Waals surface area (Å²) in [6.45, 7) is 3.42. The molecule has 2 heterocycles. The van der Waals surface area contributed by atoms with Crippen LogP contribution in [0.25, 0.3) is 0 Å². The molecular weight excluding hydrogens is 298 g/mol. The van der Waals surface area contributed by atoms with Gasteiger partial charge in [-0.15, -0.1) is 0 Å². The molecule has 1 aromatic heterocycles. The van der Waals surface area contributed by atoms with Crippen molar-refractivity contribution in [3.05, 3.63) is 16.9 Å². The van der Waals surface area contributed by atoms with Gasteiger partial charge in [-0.25, -0.2) is 0 Å². The molecular formula is C12H18BrN3O2. The van der Waals surface area contributed by atoms with E-state index in [2.05, 4.69) is 21.0 Å². The maximum absolute atomic E-state index is 12.3. The van der Waals surface area contributed by atoms with E-state index in [9.17, 15) is 4.79 Å². The van der Waals surface area contributed by atoms with E-state index >= 15 is 0 Å². The highest BCUT2D eigenvalue weighted by Gasteiger charge is 2.26. The first-order chi connectivity index (χ1) is 8.61. The molecule has 0 saturated carbocycles. The predicted octanol–water partition coefficient (Wildman–Crippen LogP) is 1.84. The molecule has 2 rings (SSSR count). The van der Waals surface area contributed by atoms with Crippen LogP contribution in [0.3, 0.4) is 0 Å². The van der Waals surface area contributed by atoms with Gasteiger partial charge in [0.1, 0.15) is 6.04 Å². The van der Waals surface area contributed by atoms with Crippen molar-refractivity contribution in [2.24, 2.45) is 0 Å². The van der Waals surface area contributed by atoms with Crippen LogP contribution >= 0.6 is 15.9 Å². The number of ether oxygens (including phenoxy) is 1. The highest BCUT2D eigenvalue weighted by Crippen LogP contribution is 2.18. The van der Waals surface area contributed by atoms with Crippen LogP contribution < -0.4 is 0 Å². The summed E-state index contributed by atoms with van der Waals surface area (Å²) < 4.78 is 7.88. The SMILES string of the molecule is COC1CCN(C(=O)C(C)n2cc(Br)cn2)CC1. The Morgan fingerprint density at radius 3 is 2.72 bits per heavy atom. The van der Waals surface area contributed by atoms with Crippen LogP contribution in [-0.4, -0.2) is 46.9 Å². The van der Waals surface area contributed by atoms with Gasteiger partial charge in [0.05, 0.1) is 16.8 Å². The number of aromatic nitrogens is 2. The van der Waals surface area contributed by atoms with E-state index in [4.69, 9.17) is 4.74 Å². The van der Waals surface area contributed by atoms with Gasteiger partial charge in [0.25, 0.3) is 0 Å². The van der Waals surface area contributed by atoms with Crippen molar-refractivity contribution in [2.75, 3.05) is 20.2 Å². The van der Waals surface area contributed by atoms with Gasteiger partial charge < -0.3 is 9.64 Å². The average Bonchev–Trinajstić information content (AvgIpc) is 2.84. The zero-order chi connectivity index (χ0) is 13.1. The van der Waals surface area contributed by atoms with Crippen LogP contribution in [0.5, 0.6) is 0 Å². The maximum Gasteiger partial charge on any atom is 0.247 e. The molecule has 1 aliphatic rings. The quantitative estimate of drug-likeness (QED) is 0.855. The Labute approximate surface area is 115 Å². The largest absolute Gasteiger partial charge is 0.381 e. The van der Waals surface area contributed by atoms with Gasteiger partial charge in [0.2, 0.25) is 5.91 Å². The molecule has 0 radical (unpaired) electrons. The van der Waals surface area contributed by atoms with Gasteiger partial charge in [-0.1, -0.05) is 0 Å². The average molecular weight is 316 g/mol. The molecule has 0 N–H and O–H groups in total. The molecule has 1 amide bonds. The minimum Gasteiger partial charge on any atom is -0.381 e. The number of methoxy groups -OCH3 is 1. The number of carbonyl (C=O) groups excluding carboxylic acids is 1. The third-order valence-corrected chi connectivity index (χ3v) is 3.82. The van der Waals surface area contributed by atoms with Gasteiger partial charge >= 0.3 is 0 Å². The smallest absolute Gasteiger partial charge is 0.247 e. The number of amides is 1. The maximum atomic E-state index is 12.3. The molecule has 1 fully saturated rings. The van der Waals surface area contributed by atoms with E-state index in [0.29, 0.717) is 6.10 Å². The highest BCUT2D eigenvalue weighted by molar-refractivity contribution is 9.10. The van der Waals surface area contributed by atoms with Crippen LogP contribution in [0.2, 0.25) is 0 Å². The molecule has 0 aromatic carbocycles. The molecule has 18 heavy (non-hydrogen) atoms. The van der Waals surface area contributed by atoms with Gasteiger partial charge in [0, 0.05) is 26.4 Å². The van der Waals surface area contributed by atoms with Gasteiger partial charge in [0.15, 0.2) is 0 Å². The highest BCUT2D eigenvalue weighted by atomic mass is 79.9. The Hall–Kier alpha value is -0.880. The second kappa shape index (κ2) is 5.84. The van der Waals surface area contributed by atoms with Crippen molar-refractivity contribution in [3.8, 4) is 0 Å². The Morgan fingerprint density at radius 1 is 1.56 bits per heavy atom. The monoisotopic (exact) mass is 315 g/mol. The summed E-state index contributed by atoms with van der Waals surface area (Å²) in [7, 11) is 1.73. The lowest BCUT2D eigenvalue weighted by molar-refractivity contribution is -0.136. The van der Waals surface area contributed by atoms with Crippen molar-refractivity contribution in [1.82, 2.24) is 14.7 Å². The molecule has 1 aliphatic heterocycles. The van der Waals surface area contributed by atoms with Crippen molar-refractivity contribution in [1.29, 1.82) is 0 Å². The minimum atomic E-state index is -0.254. The first kappa shape index (κ1) is 13.5. The van der Waals surface area contributed by atoms with Crippen LogP contribution in [0, 0.1) is 0 Å².